The first kappa shape index (κ1) is 15.0. The molecule has 4 rings (SSSR count). The molecule has 4 aliphatic carbocycles. The van der Waals surface area contributed by atoms with E-state index < -0.39 is 0 Å². The fraction of sp³-hybridized carbons (Fsp3) is 0.950. The SMILES string of the molecule is CCC(C)(C)C(=O)O[C@@]1(CC)C[C@H]2CC1C1C3CCC(C3)C12. The molecule has 0 spiro atoms. The molecule has 4 bridgehead atoms. The van der Waals surface area contributed by atoms with Crippen LogP contribution >= 0.6 is 0 Å². The van der Waals surface area contributed by atoms with Gasteiger partial charge in [-0.25, -0.2) is 0 Å². The number of hydrogen-bond donors (Lipinski definition) is 0. The molecule has 0 aromatic rings. The topological polar surface area (TPSA) is 26.3 Å². The van der Waals surface area contributed by atoms with Crippen molar-refractivity contribution >= 4 is 5.97 Å². The fourth-order valence-electron chi connectivity index (χ4n) is 6.76. The van der Waals surface area contributed by atoms with Gasteiger partial charge in [0.2, 0.25) is 0 Å². The van der Waals surface area contributed by atoms with E-state index in [1.54, 1.807) is 0 Å². The summed E-state index contributed by atoms with van der Waals surface area (Å²) >= 11 is 0. The summed E-state index contributed by atoms with van der Waals surface area (Å²) in [6.45, 7) is 8.40. The lowest BCUT2D eigenvalue weighted by atomic mass is 9.65. The Bertz CT molecular complexity index is 482. The predicted molar refractivity (Wildman–Crippen MR) is 87.2 cm³/mol. The van der Waals surface area contributed by atoms with Gasteiger partial charge in [0, 0.05) is 5.92 Å². The summed E-state index contributed by atoms with van der Waals surface area (Å²) in [5.74, 6) is 5.40. The van der Waals surface area contributed by atoms with Crippen molar-refractivity contribution in [3.8, 4) is 0 Å². The normalized spacial score (nSPS) is 48.7. The summed E-state index contributed by atoms with van der Waals surface area (Å²) in [4.78, 5) is 12.7. The highest BCUT2D eigenvalue weighted by molar-refractivity contribution is 5.76. The van der Waals surface area contributed by atoms with Crippen LogP contribution in [0, 0.1) is 40.9 Å². The Balaban J connectivity index is 1.58. The van der Waals surface area contributed by atoms with Gasteiger partial charge >= 0.3 is 5.97 Å². The summed E-state index contributed by atoms with van der Waals surface area (Å²) in [7, 11) is 0. The number of carbonyl (C=O) groups excluding carboxylic acids is 1. The molecule has 0 saturated heterocycles. The van der Waals surface area contributed by atoms with Gasteiger partial charge in [0.05, 0.1) is 5.41 Å². The van der Waals surface area contributed by atoms with Crippen LogP contribution in [-0.4, -0.2) is 11.6 Å². The average molecular weight is 304 g/mol. The molecule has 0 aromatic carbocycles. The maximum absolute atomic E-state index is 12.7. The van der Waals surface area contributed by atoms with Gasteiger partial charge in [-0.3, -0.25) is 4.79 Å². The summed E-state index contributed by atoms with van der Waals surface area (Å²) in [5, 5.41) is 0. The van der Waals surface area contributed by atoms with Gasteiger partial charge in [-0.05, 0) is 88.4 Å². The van der Waals surface area contributed by atoms with E-state index in [1.165, 1.54) is 25.7 Å². The van der Waals surface area contributed by atoms with Gasteiger partial charge in [0.1, 0.15) is 5.60 Å². The van der Waals surface area contributed by atoms with Crippen LogP contribution < -0.4 is 0 Å². The van der Waals surface area contributed by atoms with E-state index in [-0.39, 0.29) is 17.0 Å². The van der Waals surface area contributed by atoms with E-state index >= 15 is 0 Å². The average Bonchev–Trinajstić information content (AvgIpc) is 3.24. The zero-order valence-corrected chi connectivity index (χ0v) is 14.7. The van der Waals surface area contributed by atoms with Crippen molar-refractivity contribution in [2.75, 3.05) is 0 Å². The van der Waals surface area contributed by atoms with Crippen LogP contribution in [0.25, 0.3) is 0 Å². The molecular formula is C20H32O2. The van der Waals surface area contributed by atoms with Crippen LogP contribution in [0.1, 0.15) is 72.6 Å². The number of ether oxygens (including phenoxy) is 1. The third-order valence-corrected chi connectivity index (χ3v) is 8.23. The first-order valence-electron chi connectivity index (χ1n) is 9.65. The molecule has 124 valence electrons. The molecule has 5 unspecified atom stereocenters. The van der Waals surface area contributed by atoms with E-state index in [2.05, 4.69) is 13.8 Å². The highest BCUT2D eigenvalue weighted by Crippen LogP contribution is 2.70. The maximum atomic E-state index is 12.7. The van der Waals surface area contributed by atoms with Crippen LogP contribution in [0.3, 0.4) is 0 Å². The first-order chi connectivity index (χ1) is 10.4. The Morgan fingerprint density at radius 1 is 1.09 bits per heavy atom. The van der Waals surface area contributed by atoms with Crippen molar-refractivity contribution < 1.29 is 9.53 Å². The Labute approximate surface area is 135 Å². The molecule has 4 saturated carbocycles. The molecule has 0 aromatic heterocycles. The number of esters is 1. The van der Waals surface area contributed by atoms with Crippen LogP contribution in [-0.2, 0) is 9.53 Å². The molecule has 0 amide bonds. The van der Waals surface area contributed by atoms with Gasteiger partial charge in [-0.1, -0.05) is 13.8 Å². The lowest BCUT2D eigenvalue weighted by Crippen LogP contribution is -2.49. The second-order valence-electron chi connectivity index (χ2n) is 9.34. The first-order valence-corrected chi connectivity index (χ1v) is 9.65. The minimum Gasteiger partial charge on any atom is -0.458 e. The molecule has 22 heavy (non-hydrogen) atoms. The van der Waals surface area contributed by atoms with Crippen molar-refractivity contribution in [3.63, 3.8) is 0 Å². The van der Waals surface area contributed by atoms with Crippen LogP contribution in [0.15, 0.2) is 0 Å². The molecule has 2 heteroatoms. The fourth-order valence-corrected chi connectivity index (χ4v) is 6.76. The van der Waals surface area contributed by atoms with Crippen molar-refractivity contribution in [2.24, 2.45) is 40.9 Å². The van der Waals surface area contributed by atoms with Crippen molar-refractivity contribution in [2.45, 2.75) is 78.2 Å². The van der Waals surface area contributed by atoms with Gasteiger partial charge in [-0.2, -0.15) is 0 Å². The zero-order chi connectivity index (χ0) is 15.7. The standard InChI is InChI=1S/C20H32O2/c1-5-19(3,4)18(21)22-20(6-2)11-14-10-15(20)17-13-8-7-12(9-13)16(14)17/h12-17H,5-11H2,1-4H3/t12?,13?,14-,15?,16?,17?,20+/m1/s1. The van der Waals surface area contributed by atoms with Crippen molar-refractivity contribution in [3.05, 3.63) is 0 Å². The lowest BCUT2D eigenvalue weighted by molar-refractivity contribution is -0.183. The molecule has 7 atom stereocenters. The van der Waals surface area contributed by atoms with Crippen LogP contribution in [0.4, 0.5) is 0 Å². The predicted octanol–water partition coefficient (Wildman–Crippen LogP) is 4.82. The molecule has 0 radical (unpaired) electrons. The maximum Gasteiger partial charge on any atom is 0.312 e. The van der Waals surface area contributed by atoms with Crippen LogP contribution in [0.5, 0.6) is 0 Å². The van der Waals surface area contributed by atoms with Crippen LogP contribution in [0.2, 0.25) is 0 Å². The molecule has 0 aliphatic heterocycles. The van der Waals surface area contributed by atoms with E-state index in [4.69, 9.17) is 4.74 Å². The molecule has 0 N–H and O–H groups in total. The Morgan fingerprint density at radius 3 is 2.41 bits per heavy atom. The second kappa shape index (κ2) is 4.74. The minimum absolute atomic E-state index is 0.0455. The van der Waals surface area contributed by atoms with Crippen molar-refractivity contribution in [1.29, 1.82) is 0 Å². The quantitative estimate of drug-likeness (QED) is 0.550. The van der Waals surface area contributed by atoms with E-state index in [0.29, 0.717) is 5.92 Å². The Morgan fingerprint density at radius 2 is 1.77 bits per heavy atom. The summed E-state index contributed by atoms with van der Waals surface area (Å²) < 4.78 is 6.31. The van der Waals surface area contributed by atoms with E-state index in [9.17, 15) is 4.79 Å². The highest BCUT2D eigenvalue weighted by atomic mass is 16.6. The molecule has 0 heterocycles. The number of hydrogen-bond acceptors (Lipinski definition) is 2. The molecule has 4 aliphatic rings. The monoisotopic (exact) mass is 304 g/mol. The smallest absolute Gasteiger partial charge is 0.312 e. The largest absolute Gasteiger partial charge is 0.458 e. The second-order valence-corrected chi connectivity index (χ2v) is 9.34. The van der Waals surface area contributed by atoms with E-state index in [0.717, 1.165) is 48.9 Å². The molecular weight excluding hydrogens is 272 g/mol. The van der Waals surface area contributed by atoms with Gasteiger partial charge in [-0.15, -0.1) is 0 Å². The minimum atomic E-state index is -0.335. The summed E-state index contributed by atoms with van der Waals surface area (Å²) in [6.07, 6.45) is 8.79. The van der Waals surface area contributed by atoms with Crippen molar-refractivity contribution in [1.82, 2.24) is 0 Å². The molecule has 2 nitrogen and oxygen atoms in total. The Hall–Kier alpha value is -0.530. The number of carbonyl (C=O) groups is 1. The molecule has 4 fully saturated rings. The number of fused-ring (bicyclic) bond motifs is 9. The highest BCUT2D eigenvalue weighted by Gasteiger charge is 2.67. The van der Waals surface area contributed by atoms with Gasteiger partial charge < -0.3 is 4.74 Å². The summed E-state index contributed by atoms with van der Waals surface area (Å²) in [6, 6.07) is 0. The van der Waals surface area contributed by atoms with Gasteiger partial charge in [0.15, 0.2) is 0 Å². The third kappa shape index (κ3) is 1.82. The third-order valence-electron chi connectivity index (χ3n) is 8.23. The zero-order valence-electron chi connectivity index (χ0n) is 14.7. The Kier molecular flexibility index (Phi) is 3.24. The summed E-state index contributed by atoms with van der Waals surface area (Å²) in [5.41, 5.74) is -0.460. The lowest BCUT2D eigenvalue weighted by Gasteiger charge is -2.46. The van der Waals surface area contributed by atoms with E-state index in [1.807, 2.05) is 13.8 Å². The van der Waals surface area contributed by atoms with Gasteiger partial charge in [0.25, 0.3) is 0 Å². The number of rotatable bonds is 4.